The summed E-state index contributed by atoms with van der Waals surface area (Å²) in [6, 6.07) is 6.86. The second kappa shape index (κ2) is 5.26. The van der Waals surface area contributed by atoms with E-state index < -0.39 is 10.0 Å². The molecule has 0 aliphatic carbocycles. The molecular weight excluding hydrogens is 252 g/mol. The summed E-state index contributed by atoms with van der Waals surface area (Å²) in [5.41, 5.74) is 0.601. The monoisotopic (exact) mass is 270 g/mol. The third kappa shape index (κ3) is 2.50. The molecule has 1 aromatic rings. The molecule has 1 heterocycles. The third-order valence-corrected chi connectivity index (χ3v) is 5.15. The van der Waals surface area contributed by atoms with Crippen LogP contribution in [0, 0.1) is 0 Å². The molecule has 1 saturated heterocycles. The number of nitrogens with zero attached hydrogens (tertiary/aromatic N) is 1. The van der Waals surface area contributed by atoms with Crippen molar-refractivity contribution in [3.63, 3.8) is 0 Å². The van der Waals surface area contributed by atoms with Gasteiger partial charge in [0, 0.05) is 20.1 Å². The highest BCUT2D eigenvalue weighted by molar-refractivity contribution is 7.89. The van der Waals surface area contributed by atoms with Gasteiger partial charge in [0.1, 0.15) is 4.90 Å². The molecule has 100 valence electrons. The molecule has 0 saturated carbocycles. The number of benzene rings is 1. The van der Waals surface area contributed by atoms with E-state index in [4.69, 9.17) is 0 Å². The summed E-state index contributed by atoms with van der Waals surface area (Å²) in [6.45, 7) is 0.753. The van der Waals surface area contributed by atoms with Crippen molar-refractivity contribution in [2.45, 2.75) is 23.8 Å². The third-order valence-electron chi connectivity index (χ3n) is 3.20. The van der Waals surface area contributed by atoms with E-state index in [0.29, 0.717) is 36.5 Å². The van der Waals surface area contributed by atoms with E-state index in [2.05, 4.69) is 5.32 Å². The number of nitrogens with one attached hydrogen (secondary N) is 1. The molecule has 1 aliphatic heterocycles. The van der Waals surface area contributed by atoms with Crippen LogP contribution < -0.4 is 5.32 Å². The average molecular weight is 270 g/mol. The van der Waals surface area contributed by atoms with Crippen LogP contribution >= 0.6 is 0 Å². The number of piperidine rings is 1. The van der Waals surface area contributed by atoms with Crippen molar-refractivity contribution >= 4 is 15.7 Å². The van der Waals surface area contributed by atoms with Crippen LogP contribution in [0.1, 0.15) is 12.8 Å². The molecule has 0 bridgehead atoms. The number of hydrogen-bond acceptors (Lipinski definition) is 4. The summed E-state index contributed by atoms with van der Waals surface area (Å²) in [4.78, 5) is 0.295. The quantitative estimate of drug-likeness (QED) is 0.855. The topological polar surface area (TPSA) is 69.6 Å². The van der Waals surface area contributed by atoms with Gasteiger partial charge in [-0.2, -0.15) is 4.31 Å². The van der Waals surface area contributed by atoms with Crippen molar-refractivity contribution < 1.29 is 13.5 Å². The molecule has 0 aromatic heterocycles. The van der Waals surface area contributed by atoms with Crippen LogP contribution in [0.15, 0.2) is 29.2 Å². The first kappa shape index (κ1) is 13.3. The number of aliphatic hydroxyl groups is 1. The van der Waals surface area contributed by atoms with Crippen LogP contribution in [-0.4, -0.2) is 44.1 Å². The van der Waals surface area contributed by atoms with Gasteiger partial charge in [-0.25, -0.2) is 8.42 Å². The normalized spacial score (nSPS) is 18.8. The van der Waals surface area contributed by atoms with Gasteiger partial charge in [0.2, 0.25) is 10.0 Å². The van der Waals surface area contributed by atoms with E-state index in [1.54, 1.807) is 31.3 Å². The van der Waals surface area contributed by atoms with E-state index in [0.717, 1.165) is 0 Å². The summed E-state index contributed by atoms with van der Waals surface area (Å²) in [6.07, 6.45) is 0.623. The Bertz CT molecular complexity index is 508. The number of sulfonamides is 1. The van der Waals surface area contributed by atoms with E-state index in [9.17, 15) is 13.5 Å². The Labute approximate surface area is 107 Å². The standard InChI is InChI=1S/C12H18N2O3S/c1-13-11-4-2-3-5-12(11)18(16,17)14-8-6-10(15)7-9-14/h2-5,10,13,15H,6-9H2,1H3. The molecule has 0 spiro atoms. The van der Waals surface area contributed by atoms with E-state index in [-0.39, 0.29) is 6.10 Å². The molecule has 0 amide bonds. The lowest BCUT2D eigenvalue weighted by Crippen LogP contribution is -2.40. The molecule has 6 heteroatoms. The summed E-state index contributed by atoms with van der Waals surface area (Å²) in [7, 11) is -1.77. The Morgan fingerprint density at radius 2 is 1.89 bits per heavy atom. The Hall–Kier alpha value is -1.11. The molecule has 2 N–H and O–H groups in total. The Balaban J connectivity index is 2.30. The molecule has 1 aliphatic rings. The summed E-state index contributed by atoms with van der Waals surface area (Å²) < 4.78 is 26.4. The first-order valence-corrected chi connectivity index (χ1v) is 7.44. The van der Waals surface area contributed by atoms with Gasteiger partial charge in [-0.3, -0.25) is 0 Å². The molecule has 5 nitrogen and oxygen atoms in total. The van der Waals surface area contributed by atoms with Gasteiger partial charge in [0.05, 0.1) is 11.8 Å². The van der Waals surface area contributed by atoms with Gasteiger partial charge in [0.15, 0.2) is 0 Å². The lowest BCUT2D eigenvalue weighted by Gasteiger charge is -2.29. The molecule has 0 atom stereocenters. The van der Waals surface area contributed by atoms with Gasteiger partial charge in [-0.1, -0.05) is 12.1 Å². The minimum atomic E-state index is -3.47. The minimum Gasteiger partial charge on any atom is -0.393 e. The molecule has 1 fully saturated rings. The van der Waals surface area contributed by atoms with Gasteiger partial charge >= 0.3 is 0 Å². The fourth-order valence-electron chi connectivity index (χ4n) is 2.12. The van der Waals surface area contributed by atoms with Crippen LogP contribution in [0.2, 0.25) is 0 Å². The fraction of sp³-hybridized carbons (Fsp3) is 0.500. The second-order valence-corrected chi connectivity index (χ2v) is 6.29. The summed E-state index contributed by atoms with van der Waals surface area (Å²) in [5.74, 6) is 0. The number of anilines is 1. The van der Waals surface area contributed by atoms with Crippen LogP contribution in [0.5, 0.6) is 0 Å². The summed E-state index contributed by atoms with van der Waals surface area (Å²) >= 11 is 0. The number of rotatable bonds is 3. The van der Waals surface area contributed by atoms with Crippen molar-refractivity contribution in [2.75, 3.05) is 25.5 Å². The first-order valence-electron chi connectivity index (χ1n) is 6.00. The number of para-hydroxylation sites is 1. The van der Waals surface area contributed by atoms with Crippen molar-refractivity contribution in [1.29, 1.82) is 0 Å². The molecule has 0 unspecified atom stereocenters. The number of hydrogen-bond donors (Lipinski definition) is 2. The molecular formula is C12H18N2O3S. The lowest BCUT2D eigenvalue weighted by atomic mass is 10.1. The van der Waals surface area contributed by atoms with E-state index in [1.165, 1.54) is 4.31 Å². The maximum Gasteiger partial charge on any atom is 0.245 e. The smallest absolute Gasteiger partial charge is 0.245 e. The average Bonchev–Trinajstić information content (AvgIpc) is 2.39. The Morgan fingerprint density at radius 3 is 2.50 bits per heavy atom. The van der Waals surface area contributed by atoms with E-state index in [1.807, 2.05) is 0 Å². The fourth-order valence-corrected chi connectivity index (χ4v) is 3.79. The maximum absolute atomic E-state index is 12.5. The van der Waals surface area contributed by atoms with Gasteiger partial charge in [0.25, 0.3) is 0 Å². The molecule has 18 heavy (non-hydrogen) atoms. The van der Waals surface area contributed by atoms with Gasteiger partial charge < -0.3 is 10.4 Å². The largest absolute Gasteiger partial charge is 0.393 e. The maximum atomic E-state index is 12.5. The molecule has 1 aromatic carbocycles. The highest BCUT2D eigenvalue weighted by atomic mass is 32.2. The van der Waals surface area contributed by atoms with Crippen LogP contribution in [-0.2, 0) is 10.0 Å². The van der Waals surface area contributed by atoms with Gasteiger partial charge in [-0.15, -0.1) is 0 Å². The van der Waals surface area contributed by atoms with Crippen LogP contribution in [0.3, 0.4) is 0 Å². The predicted molar refractivity (Wildman–Crippen MR) is 70.0 cm³/mol. The molecule has 0 radical (unpaired) electrons. The second-order valence-electron chi connectivity index (χ2n) is 4.38. The highest BCUT2D eigenvalue weighted by Crippen LogP contribution is 2.26. The zero-order valence-corrected chi connectivity index (χ0v) is 11.2. The predicted octanol–water partition coefficient (Wildman–Crippen LogP) is 0.874. The van der Waals surface area contributed by atoms with Crippen molar-refractivity contribution in [1.82, 2.24) is 4.31 Å². The van der Waals surface area contributed by atoms with Crippen molar-refractivity contribution in [3.05, 3.63) is 24.3 Å². The molecule has 2 rings (SSSR count). The van der Waals surface area contributed by atoms with Crippen LogP contribution in [0.25, 0.3) is 0 Å². The lowest BCUT2D eigenvalue weighted by molar-refractivity contribution is 0.113. The van der Waals surface area contributed by atoms with Crippen LogP contribution in [0.4, 0.5) is 5.69 Å². The Morgan fingerprint density at radius 1 is 1.28 bits per heavy atom. The van der Waals surface area contributed by atoms with E-state index >= 15 is 0 Å². The minimum absolute atomic E-state index is 0.295. The van der Waals surface area contributed by atoms with Gasteiger partial charge in [-0.05, 0) is 25.0 Å². The zero-order chi connectivity index (χ0) is 13.2. The first-order chi connectivity index (χ1) is 8.55. The van der Waals surface area contributed by atoms with Crippen molar-refractivity contribution in [2.24, 2.45) is 0 Å². The highest BCUT2D eigenvalue weighted by Gasteiger charge is 2.29. The van der Waals surface area contributed by atoms with Crippen molar-refractivity contribution in [3.8, 4) is 0 Å². The number of aliphatic hydroxyl groups excluding tert-OH is 1. The SMILES string of the molecule is CNc1ccccc1S(=O)(=O)N1CCC(O)CC1. The Kier molecular flexibility index (Phi) is 3.89. The summed E-state index contributed by atoms with van der Waals surface area (Å²) in [5, 5.41) is 12.3. The zero-order valence-electron chi connectivity index (χ0n) is 10.3.